The summed E-state index contributed by atoms with van der Waals surface area (Å²) in [5, 5.41) is 6.47. The third kappa shape index (κ3) is 7.10. The zero-order valence-electron chi connectivity index (χ0n) is 18.3. The molecular formula is C24H26N4O2S2. The molecule has 0 saturated carbocycles. The molecule has 1 atom stereocenters. The maximum Gasteiger partial charge on any atom is 0.251 e. The average Bonchev–Trinajstić information content (AvgIpc) is 2.77. The fourth-order valence-corrected chi connectivity index (χ4v) is 4.35. The molecule has 6 nitrogen and oxygen atoms in total. The van der Waals surface area contributed by atoms with Gasteiger partial charge in [-0.25, -0.2) is 9.97 Å². The van der Waals surface area contributed by atoms with Crippen LogP contribution in [0.15, 0.2) is 70.7 Å². The molecule has 166 valence electrons. The first-order valence-corrected chi connectivity index (χ1v) is 12.4. The molecule has 0 radical (unpaired) electrons. The van der Waals surface area contributed by atoms with Gasteiger partial charge in [-0.05, 0) is 86.5 Å². The van der Waals surface area contributed by atoms with Crippen LogP contribution in [-0.2, 0) is 4.79 Å². The number of rotatable bonds is 9. The Kier molecular flexibility index (Phi) is 8.70. The number of thioether (sulfide) groups is 1. The summed E-state index contributed by atoms with van der Waals surface area (Å²) in [5.41, 5.74) is 3.06. The number of benzene rings is 2. The van der Waals surface area contributed by atoms with E-state index in [2.05, 4.69) is 20.6 Å². The quantitative estimate of drug-likeness (QED) is 0.444. The first kappa shape index (κ1) is 23.8. The van der Waals surface area contributed by atoms with E-state index in [1.54, 1.807) is 36.0 Å². The van der Waals surface area contributed by atoms with Crippen molar-refractivity contribution in [2.45, 2.75) is 36.4 Å². The van der Waals surface area contributed by atoms with Gasteiger partial charge >= 0.3 is 0 Å². The topological polar surface area (TPSA) is 84.0 Å². The van der Waals surface area contributed by atoms with Gasteiger partial charge in [0.25, 0.3) is 5.91 Å². The Morgan fingerprint density at radius 3 is 2.25 bits per heavy atom. The maximum absolute atomic E-state index is 12.9. The minimum absolute atomic E-state index is 0.235. The van der Waals surface area contributed by atoms with E-state index in [1.807, 2.05) is 56.5 Å². The average molecular weight is 467 g/mol. The summed E-state index contributed by atoms with van der Waals surface area (Å²) < 4.78 is 0. The molecular weight excluding hydrogens is 440 g/mol. The smallest absolute Gasteiger partial charge is 0.251 e. The molecule has 8 heteroatoms. The Hall–Kier alpha value is -2.84. The summed E-state index contributed by atoms with van der Waals surface area (Å²) in [4.78, 5) is 35.3. The van der Waals surface area contributed by atoms with Gasteiger partial charge in [-0.3, -0.25) is 9.59 Å². The lowest BCUT2D eigenvalue weighted by atomic mass is 10.1. The van der Waals surface area contributed by atoms with Gasteiger partial charge in [-0.1, -0.05) is 18.2 Å². The number of nitrogens with zero attached hydrogens (tertiary/aromatic N) is 2. The number of anilines is 1. The Morgan fingerprint density at radius 1 is 0.969 bits per heavy atom. The van der Waals surface area contributed by atoms with E-state index in [0.29, 0.717) is 22.8 Å². The predicted octanol–water partition coefficient (Wildman–Crippen LogP) is 4.73. The summed E-state index contributed by atoms with van der Waals surface area (Å²) in [6.45, 7) is 3.89. The number of carbonyl (C=O) groups is 2. The van der Waals surface area contributed by atoms with Crippen LogP contribution in [0.3, 0.4) is 0 Å². The molecule has 1 heterocycles. The normalized spacial score (nSPS) is 11.6. The molecule has 0 saturated heterocycles. The highest BCUT2D eigenvalue weighted by Crippen LogP contribution is 2.26. The Labute approximate surface area is 197 Å². The lowest BCUT2D eigenvalue weighted by Crippen LogP contribution is -2.44. The van der Waals surface area contributed by atoms with Gasteiger partial charge in [0.05, 0.1) is 0 Å². The second-order valence-corrected chi connectivity index (χ2v) is 9.25. The first-order valence-electron chi connectivity index (χ1n) is 10.2. The Morgan fingerprint density at radius 2 is 1.62 bits per heavy atom. The highest BCUT2D eigenvalue weighted by Gasteiger charge is 2.21. The molecule has 0 bridgehead atoms. The highest BCUT2D eigenvalue weighted by atomic mass is 32.2. The molecule has 0 spiro atoms. The van der Waals surface area contributed by atoms with Crippen molar-refractivity contribution in [2.75, 3.05) is 17.3 Å². The molecule has 2 aromatic carbocycles. The van der Waals surface area contributed by atoms with Crippen LogP contribution in [0.1, 0.15) is 28.2 Å². The fourth-order valence-electron chi connectivity index (χ4n) is 3.02. The van der Waals surface area contributed by atoms with E-state index in [0.717, 1.165) is 22.0 Å². The zero-order chi connectivity index (χ0) is 22.9. The molecule has 0 fully saturated rings. The zero-order valence-corrected chi connectivity index (χ0v) is 19.9. The number of nitrogens with one attached hydrogen (secondary N) is 2. The lowest BCUT2D eigenvalue weighted by molar-refractivity contribution is -0.118. The van der Waals surface area contributed by atoms with E-state index in [9.17, 15) is 9.59 Å². The fraction of sp³-hybridized carbons (Fsp3) is 0.250. The molecule has 2 N–H and O–H groups in total. The van der Waals surface area contributed by atoms with Crippen molar-refractivity contribution in [1.82, 2.24) is 15.3 Å². The van der Waals surface area contributed by atoms with Gasteiger partial charge in [0, 0.05) is 27.5 Å². The molecule has 0 aliphatic heterocycles. The summed E-state index contributed by atoms with van der Waals surface area (Å²) in [6.07, 6.45) is 2.52. The molecule has 32 heavy (non-hydrogen) atoms. The van der Waals surface area contributed by atoms with Crippen LogP contribution in [0.5, 0.6) is 0 Å². The first-order chi connectivity index (χ1) is 15.4. The van der Waals surface area contributed by atoms with Crippen LogP contribution in [0.4, 0.5) is 5.69 Å². The van der Waals surface area contributed by atoms with E-state index in [4.69, 9.17) is 0 Å². The molecule has 1 aromatic heterocycles. The van der Waals surface area contributed by atoms with Gasteiger partial charge < -0.3 is 10.6 Å². The molecule has 3 aromatic rings. The summed E-state index contributed by atoms with van der Waals surface area (Å²) >= 11 is 3.11. The summed E-state index contributed by atoms with van der Waals surface area (Å²) in [5.74, 6) is 0.270. The summed E-state index contributed by atoms with van der Waals surface area (Å²) in [6, 6.07) is 17.7. The maximum atomic E-state index is 12.9. The van der Waals surface area contributed by atoms with Crippen molar-refractivity contribution in [2.24, 2.45) is 0 Å². The third-order valence-corrected chi connectivity index (χ3v) is 6.08. The minimum Gasteiger partial charge on any atom is -0.340 e. The van der Waals surface area contributed by atoms with Crippen molar-refractivity contribution in [3.63, 3.8) is 0 Å². The Balaban J connectivity index is 1.64. The second-order valence-electron chi connectivity index (χ2n) is 7.22. The number of amides is 2. The van der Waals surface area contributed by atoms with Crippen molar-refractivity contribution >= 4 is 41.0 Å². The van der Waals surface area contributed by atoms with E-state index in [1.165, 1.54) is 11.8 Å². The van der Waals surface area contributed by atoms with Crippen molar-refractivity contribution < 1.29 is 9.59 Å². The van der Waals surface area contributed by atoms with Crippen LogP contribution in [0.25, 0.3) is 0 Å². The van der Waals surface area contributed by atoms with Gasteiger partial charge in [0.2, 0.25) is 5.91 Å². The Bertz CT molecular complexity index is 1040. The second kappa shape index (κ2) is 11.7. The van der Waals surface area contributed by atoms with Crippen molar-refractivity contribution in [3.05, 3.63) is 77.6 Å². The SMILES string of the molecule is CSCCC(NC(=O)c1ccccc1)C(=O)Nc1ccc(Sc2nc(C)cc(C)n2)cc1. The number of hydrogen-bond acceptors (Lipinski definition) is 6. The van der Waals surface area contributed by atoms with E-state index < -0.39 is 6.04 Å². The largest absolute Gasteiger partial charge is 0.340 e. The van der Waals surface area contributed by atoms with Gasteiger partial charge in [0.1, 0.15) is 6.04 Å². The molecule has 0 aliphatic carbocycles. The predicted molar refractivity (Wildman–Crippen MR) is 131 cm³/mol. The molecule has 1 unspecified atom stereocenters. The van der Waals surface area contributed by atoms with Crippen LogP contribution in [0, 0.1) is 13.8 Å². The van der Waals surface area contributed by atoms with Crippen LogP contribution in [-0.4, -0.2) is 39.8 Å². The number of carbonyl (C=O) groups excluding carboxylic acids is 2. The monoisotopic (exact) mass is 466 g/mol. The van der Waals surface area contributed by atoms with Crippen molar-refractivity contribution in [1.29, 1.82) is 0 Å². The van der Waals surface area contributed by atoms with Gasteiger partial charge in [0.15, 0.2) is 5.16 Å². The number of aromatic nitrogens is 2. The summed E-state index contributed by atoms with van der Waals surface area (Å²) in [7, 11) is 0. The molecule has 0 aliphatic rings. The van der Waals surface area contributed by atoms with Crippen LogP contribution in [0.2, 0.25) is 0 Å². The van der Waals surface area contributed by atoms with E-state index in [-0.39, 0.29) is 11.8 Å². The number of aryl methyl sites for hydroxylation is 2. The van der Waals surface area contributed by atoms with Gasteiger partial charge in [-0.15, -0.1) is 0 Å². The van der Waals surface area contributed by atoms with Crippen LogP contribution < -0.4 is 10.6 Å². The van der Waals surface area contributed by atoms with Gasteiger partial charge in [-0.2, -0.15) is 11.8 Å². The van der Waals surface area contributed by atoms with Crippen LogP contribution >= 0.6 is 23.5 Å². The third-order valence-electron chi connectivity index (χ3n) is 4.56. The lowest BCUT2D eigenvalue weighted by Gasteiger charge is -2.18. The van der Waals surface area contributed by atoms with Crippen molar-refractivity contribution in [3.8, 4) is 0 Å². The molecule has 2 amide bonds. The standard InChI is InChI=1S/C24H26N4O2S2/c1-16-15-17(2)26-24(25-16)32-20-11-9-19(10-12-20)27-23(30)21(13-14-31-3)28-22(29)18-7-5-4-6-8-18/h4-12,15,21H,13-14H2,1-3H3,(H,27,30)(H,28,29). The van der Waals surface area contributed by atoms with E-state index >= 15 is 0 Å². The minimum atomic E-state index is -0.618. The molecule has 3 rings (SSSR count). The highest BCUT2D eigenvalue weighted by molar-refractivity contribution is 7.99. The number of hydrogen-bond donors (Lipinski definition) is 2.